The maximum Gasteiger partial charge on any atom is -0.0247 e. The first kappa shape index (κ1) is 37.0. The first-order chi connectivity index (χ1) is 19.6. The van der Waals surface area contributed by atoms with E-state index in [0.717, 1.165) is 0 Å². The van der Waals surface area contributed by atoms with Gasteiger partial charge in [0, 0.05) is 0 Å². The maximum absolute atomic E-state index is 2.36. The molecule has 43 heavy (non-hydrogen) atoms. The molecule has 0 heterocycles. The minimum absolute atomic E-state index is 0. The molecule has 222 valence electrons. The fourth-order valence-corrected chi connectivity index (χ4v) is 5.33. The third-order valence-electron chi connectivity index (χ3n) is 7.67. The van der Waals surface area contributed by atoms with Crippen LogP contribution in [0.1, 0.15) is 47.6 Å². The van der Waals surface area contributed by atoms with Gasteiger partial charge in [0.2, 0.25) is 0 Å². The molecule has 0 N–H and O–H groups in total. The Hall–Kier alpha value is -2.22. The van der Waals surface area contributed by atoms with E-state index in [1.54, 1.807) is 23.3 Å². The zero-order valence-corrected chi connectivity index (χ0v) is 31.6. The summed E-state index contributed by atoms with van der Waals surface area (Å²) in [6.45, 7) is 17.9. The molecule has 6 rings (SSSR count). The summed E-state index contributed by atoms with van der Waals surface area (Å²) >= 11 is 1.74. The standard InChI is InChI=1S/C20H21.C17H15.C2H6Si.2ClH.Zr/c1-13(2)17-11-16-8-6-10-19(20(16)12-17)18-9-5-7-14(3)15(18)4;1-12-10-16-13(2)8-9-15(17(16)11-12)14-6-4-3-5-7-14;1-3-2;;;/h5-13H,1-4H3;3-11H,1-2H3;1-2H3;2*1H;/q2*-1;;;;+2/p-2. The Balaban J connectivity index is 0.000000259. The van der Waals surface area contributed by atoms with Crippen molar-refractivity contribution in [2.24, 2.45) is 0 Å². The molecule has 0 fully saturated rings. The van der Waals surface area contributed by atoms with Crippen molar-refractivity contribution in [1.82, 2.24) is 0 Å². The van der Waals surface area contributed by atoms with Crippen molar-refractivity contribution < 1.29 is 48.1 Å². The summed E-state index contributed by atoms with van der Waals surface area (Å²) in [5.41, 5.74) is 12.4. The van der Waals surface area contributed by atoms with E-state index in [-0.39, 0.29) is 30.2 Å². The normalized spacial score (nSPS) is 10.3. The SMILES string of the molecule is C[Si](C)=[Zr+2].Cc1cc2c(-c3ccccc3)ccc(C)c2[cH-]1.Cc1cccc(-c2cccc3[cH-]c(C(C)C)cc23)c1C.[Cl-].[Cl-]. The van der Waals surface area contributed by atoms with Crippen molar-refractivity contribution >= 4 is 27.0 Å². The molecule has 0 saturated carbocycles. The van der Waals surface area contributed by atoms with E-state index < -0.39 is 0 Å². The second-order valence-electron chi connectivity index (χ2n) is 11.7. The molecule has 0 aliphatic carbocycles. The predicted molar refractivity (Wildman–Crippen MR) is 180 cm³/mol. The summed E-state index contributed by atoms with van der Waals surface area (Å²) in [5.74, 6) is 0.578. The van der Waals surface area contributed by atoms with E-state index in [2.05, 4.69) is 158 Å². The maximum atomic E-state index is 2.36. The molecule has 0 spiro atoms. The molecule has 0 radical (unpaired) electrons. The van der Waals surface area contributed by atoms with Crippen molar-refractivity contribution in [3.8, 4) is 22.3 Å². The average molecular weight is 701 g/mol. The van der Waals surface area contributed by atoms with Crippen LogP contribution in [0, 0.1) is 27.7 Å². The second kappa shape index (κ2) is 16.7. The van der Waals surface area contributed by atoms with Crippen molar-refractivity contribution in [3.05, 3.63) is 131 Å². The van der Waals surface area contributed by atoms with Crippen LogP contribution in [-0.4, -0.2) is 5.43 Å². The summed E-state index contributed by atoms with van der Waals surface area (Å²) in [5, 5.41) is 5.48. The van der Waals surface area contributed by atoms with Crippen LogP contribution in [0.15, 0.2) is 103 Å². The second-order valence-corrected chi connectivity index (χ2v) is 21.0. The van der Waals surface area contributed by atoms with E-state index in [1.807, 2.05) is 0 Å². The Labute approximate surface area is 286 Å². The van der Waals surface area contributed by atoms with E-state index in [4.69, 9.17) is 0 Å². The average Bonchev–Trinajstić information content (AvgIpc) is 3.55. The van der Waals surface area contributed by atoms with Crippen LogP contribution in [0.2, 0.25) is 13.1 Å². The number of hydrogen-bond donors (Lipinski definition) is 0. The van der Waals surface area contributed by atoms with Crippen LogP contribution < -0.4 is 24.8 Å². The summed E-state index contributed by atoms with van der Waals surface area (Å²) in [6.07, 6.45) is 0. The molecule has 6 aromatic carbocycles. The minimum Gasteiger partial charge on any atom is -1.00 e. The van der Waals surface area contributed by atoms with Gasteiger partial charge in [-0.25, -0.2) is 0 Å². The molecule has 6 aromatic rings. The van der Waals surface area contributed by atoms with Crippen LogP contribution in [0.4, 0.5) is 0 Å². The number of fused-ring (bicyclic) bond motifs is 2. The fraction of sp³-hybridized carbons (Fsp3) is 0.231. The van der Waals surface area contributed by atoms with Gasteiger partial charge in [0.05, 0.1) is 0 Å². The fourth-order valence-electron chi connectivity index (χ4n) is 5.33. The zero-order valence-electron chi connectivity index (χ0n) is 26.6. The number of rotatable bonds is 3. The molecule has 0 bridgehead atoms. The van der Waals surface area contributed by atoms with Crippen molar-refractivity contribution in [2.45, 2.75) is 60.6 Å². The summed E-state index contributed by atoms with van der Waals surface area (Å²) < 4.78 is 0. The molecule has 0 saturated heterocycles. The summed E-state index contributed by atoms with van der Waals surface area (Å²) in [7, 11) is 0. The molecule has 0 aliphatic rings. The molecular formula is C39H42Cl2SiZr-2. The molecule has 0 atom stereocenters. The van der Waals surface area contributed by atoms with Gasteiger partial charge < -0.3 is 24.8 Å². The van der Waals surface area contributed by atoms with Gasteiger partial charge in [0.1, 0.15) is 0 Å². The van der Waals surface area contributed by atoms with Gasteiger partial charge in [0.25, 0.3) is 0 Å². The third kappa shape index (κ3) is 9.15. The van der Waals surface area contributed by atoms with E-state index in [9.17, 15) is 0 Å². The van der Waals surface area contributed by atoms with Gasteiger partial charge >= 0.3 is 41.9 Å². The monoisotopic (exact) mass is 698 g/mol. The van der Waals surface area contributed by atoms with E-state index in [1.165, 1.54) is 71.6 Å². The van der Waals surface area contributed by atoms with Gasteiger partial charge in [-0.1, -0.05) is 99.5 Å². The van der Waals surface area contributed by atoms with Crippen molar-refractivity contribution in [2.75, 3.05) is 0 Å². The quantitative estimate of drug-likeness (QED) is 0.167. The van der Waals surface area contributed by atoms with Gasteiger partial charge in [-0.15, -0.1) is 68.6 Å². The molecule has 0 nitrogen and oxygen atoms in total. The van der Waals surface area contributed by atoms with Gasteiger partial charge in [-0.05, 0) is 42.0 Å². The Kier molecular flexibility index (Phi) is 14.4. The summed E-state index contributed by atoms with van der Waals surface area (Å²) in [6, 6.07) is 37.5. The number of hydrogen-bond acceptors (Lipinski definition) is 0. The first-order valence-corrected chi connectivity index (χ1v) is 20.7. The molecule has 0 aliphatic heterocycles. The van der Waals surface area contributed by atoms with E-state index in [0.29, 0.717) is 5.92 Å². The van der Waals surface area contributed by atoms with Gasteiger partial charge in [0.15, 0.2) is 0 Å². The number of aryl methyl sites for hydroxylation is 3. The Morgan fingerprint density at radius 1 is 0.628 bits per heavy atom. The van der Waals surface area contributed by atoms with Gasteiger partial charge in [-0.2, -0.15) is 12.1 Å². The van der Waals surface area contributed by atoms with Crippen LogP contribution >= 0.6 is 0 Å². The molecule has 0 aromatic heterocycles. The molecule has 4 heteroatoms. The Bertz CT molecular complexity index is 1790. The third-order valence-corrected chi connectivity index (χ3v) is 7.67. The molecular weight excluding hydrogens is 659 g/mol. The van der Waals surface area contributed by atoms with Crippen molar-refractivity contribution in [1.29, 1.82) is 0 Å². The number of benzene rings is 4. The smallest absolute Gasteiger partial charge is 0.0247 e. The van der Waals surface area contributed by atoms with Crippen LogP contribution in [0.25, 0.3) is 43.8 Å². The van der Waals surface area contributed by atoms with Crippen molar-refractivity contribution in [3.63, 3.8) is 0 Å². The van der Waals surface area contributed by atoms with Gasteiger partial charge in [-0.3, -0.25) is 0 Å². The topological polar surface area (TPSA) is 0 Å². The van der Waals surface area contributed by atoms with Crippen LogP contribution in [0.5, 0.6) is 0 Å². The molecule has 0 amide bonds. The predicted octanol–water partition coefficient (Wildman–Crippen LogP) is 5.60. The van der Waals surface area contributed by atoms with Crippen LogP contribution in [-0.2, 0) is 23.3 Å². The first-order valence-electron chi connectivity index (χ1n) is 14.6. The van der Waals surface area contributed by atoms with E-state index >= 15 is 0 Å². The van der Waals surface area contributed by atoms with Crippen LogP contribution in [0.3, 0.4) is 0 Å². The Morgan fingerprint density at radius 3 is 1.91 bits per heavy atom. The minimum atomic E-state index is 0. The summed E-state index contributed by atoms with van der Waals surface area (Å²) in [4.78, 5) is 0. The largest absolute Gasteiger partial charge is 1.00 e. The number of halogens is 2. The molecule has 0 unspecified atom stereocenters. The Morgan fingerprint density at radius 2 is 1.26 bits per heavy atom. The zero-order chi connectivity index (χ0) is 29.7.